The molecule has 1 heterocycles. The first-order valence-corrected chi connectivity index (χ1v) is 7.45. The highest BCUT2D eigenvalue weighted by molar-refractivity contribution is 14.1. The molecule has 0 saturated heterocycles. The zero-order valence-corrected chi connectivity index (χ0v) is 14.3. The number of fused-ring (bicyclic) bond motifs is 1. The van der Waals surface area contributed by atoms with Crippen molar-refractivity contribution in [3.8, 4) is 0 Å². The molecule has 0 spiro atoms. The van der Waals surface area contributed by atoms with E-state index in [1.807, 2.05) is 0 Å². The Bertz CT molecular complexity index is 475. The summed E-state index contributed by atoms with van der Waals surface area (Å²) in [6, 6.07) is 4.53. The lowest BCUT2D eigenvalue weighted by Gasteiger charge is -2.24. The fraction of sp³-hybridized carbons (Fsp3) is 0.385. The van der Waals surface area contributed by atoms with Gasteiger partial charge < -0.3 is 4.90 Å². The maximum Gasteiger partial charge on any atom is 0.0469 e. The molecule has 0 unspecified atom stereocenters. The van der Waals surface area contributed by atoms with Crippen LogP contribution in [0.5, 0.6) is 0 Å². The van der Waals surface area contributed by atoms with Crippen molar-refractivity contribution in [1.29, 1.82) is 0 Å². The molecule has 1 aromatic rings. The molecule has 0 aliphatic carbocycles. The van der Waals surface area contributed by atoms with Gasteiger partial charge in [-0.1, -0.05) is 19.9 Å². The smallest absolute Gasteiger partial charge is 0.0469 e. The van der Waals surface area contributed by atoms with Crippen LogP contribution in [0.2, 0.25) is 0 Å². The van der Waals surface area contributed by atoms with E-state index in [1.165, 1.54) is 24.1 Å². The minimum atomic E-state index is 0.125. The molecule has 0 fully saturated rings. The van der Waals surface area contributed by atoms with Crippen LogP contribution in [0.25, 0.3) is 0 Å². The second-order valence-corrected chi connectivity index (χ2v) is 7.05. The zero-order valence-electron chi connectivity index (χ0n) is 9.94. The fourth-order valence-electron chi connectivity index (χ4n) is 2.67. The Morgan fingerprint density at radius 3 is 2.44 bits per heavy atom. The Hall–Kier alpha value is 0.220. The summed E-state index contributed by atoms with van der Waals surface area (Å²) in [5.41, 5.74) is 4.33. The van der Waals surface area contributed by atoms with Crippen molar-refractivity contribution in [2.24, 2.45) is 0 Å². The van der Waals surface area contributed by atoms with Crippen LogP contribution < -0.4 is 4.90 Å². The van der Waals surface area contributed by atoms with Crippen molar-refractivity contribution >= 4 is 50.9 Å². The fourth-order valence-corrected chi connectivity index (χ4v) is 5.16. The molecule has 0 atom stereocenters. The van der Waals surface area contributed by atoms with Crippen molar-refractivity contribution in [3.05, 3.63) is 36.6 Å². The quantitative estimate of drug-likeness (QED) is 0.538. The van der Waals surface area contributed by atoms with Gasteiger partial charge in [-0.3, -0.25) is 0 Å². The van der Waals surface area contributed by atoms with Gasteiger partial charge in [0.05, 0.1) is 0 Å². The summed E-state index contributed by atoms with van der Waals surface area (Å²) in [5, 5.41) is 0. The molecule has 86 valence electrons. The maximum absolute atomic E-state index is 2.45. The van der Waals surface area contributed by atoms with E-state index in [0.29, 0.717) is 0 Å². The van der Waals surface area contributed by atoms with E-state index in [0.717, 1.165) is 0 Å². The SMILES string of the molecule is C/C=C1\N(C)c2cc(I)cc(I)c2C1(C)C. The van der Waals surface area contributed by atoms with Gasteiger partial charge in [0.25, 0.3) is 0 Å². The number of allylic oxidation sites excluding steroid dienone is 2. The zero-order chi connectivity index (χ0) is 12.1. The molecule has 0 saturated carbocycles. The van der Waals surface area contributed by atoms with Crippen molar-refractivity contribution in [2.75, 3.05) is 11.9 Å². The summed E-state index contributed by atoms with van der Waals surface area (Å²) in [7, 11) is 2.16. The van der Waals surface area contributed by atoms with Crippen molar-refractivity contribution in [1.82, 2.24) is 0 Å². The molecule has 16 heavy (non-hydrogen) atoms. The van der Waals surface area contributed by atoms with Crippen LogP contribution in [0.4, 0.5) is 5.69 Å². The summed E-state index contributed by atoms with van der Waals surface area (Å²) >= 11 is 4.84. The topological polar surface area (TPSA) is 3.24 Å². The molecule has 0 amide bonds. The van der Waals surface area contributed by atoms with Gasteiger partial charge in [0.15, 0.2) is 0 Å². The highest BCUT2D eigenvalue weighted by Crippen LogP contribution is 2.49. The average Bonchev–Trinajstić information content (AvgIpc) is 2.33. The molecule has 1 aromatic carbocycles. The van der Waals surface area contributed by atoms with E-state index in [4.69, 9.17) is 0 Å². The first kappa shape index (κ1) is 12.7. The first-order chi connectivity index (χ1) is 7.39. The third kappa shape index (κ3) is 1.70. The Morgan fingerprint density at radius 1 is 1.25 bits per heavy atom. The molecule has 2 rings (SSSR count). The highest BCUT2D eigenvalue weighted by Gasteiger charge is 2.39. The van der Waals surface area contributed by atoms with E-state index in [9.17, 15) is 0 Å². The summed E-state index contributed by atoms with van der Waals surface area (Å²) in [4.78, 5) is 2.32. The predicted octanol–water partition coefficient (Wildman–Crippen LogP) is 4.53. The van der Waals surface area contributed by atoms with Gasteiger partial charge in [0.2, 0.25) is 0 Å². The number of hydrogen-bond acceptors (Lipinski definition) is 1. The van der Waals surface area contributed by atoms with Crippen LogP contribution >= 0.6 is 45.2 Å². The molecule has 1 aliphatic rings. The van der Waals surface area contributed by atoms with Crippen molar-refractivity contribution < 1.29 is 0 Å². The van der Waals surface area contributed by atoms with Gasteiger partial charge >= 0.3 is 0 Å². The van der Waals surface area contributed by atoms with Gasteiger partial charge in [0.1, 0.15) is 0 Å². The van der Waals surface area contributed by atoms with Crippen LogP contribution in [0.1, 0.15) is 26.3 Å². The minimum absolute atomic E-state index is 0.125. The Morgan fingerprint density at radius 2 is 1.88 bits per heavy atom. The second-order valence-electron chi connectivity index (χ2n) is 4.64. The van der Waals surface area contributed by atoms with Gasteiger partial charge in [0, 0.05) is 36.6 Å². The van der Waals surface area contributed by atoms with Crippen molar-refractivity contribution in [3.63, 3.8) is 0 Å². The maximum atomic E-state index is 2.45. The second kappa shape index (κ2) is 4.15. The highest BCUT2D eigenvalue weighted by atomic mass is 127. The van der Waals surface area contributed by atoms with Crippen LogP contribution in [0, 0.1) is 7.14 Å². The molecule has 0 radical (unpaired) electrons. The third-order valence-corrected chi connectivity index (χ3v) is 4.77. The summed E-state index contributed by atoms with van der Waals surface area (Å²) in [6.07, 6.45) is 2.23. The molecule has 0 bridgehead atoms. The van der Waals surface area contributed by atoms with Crippen molar-refractivity contribution in [2.45, 2.75) is 26.2 Å². The largest absolute Gasteiger partial charge is 0.347 e. The molecular formula is C13H15I2N. The average molecular weight is 439 g/mol. The molecule has 1 nitrogen and oxygen atoms in total. The number of benzene rings is 1. The van der Waals surface area contributed by atoms with Gasteiger partial charge in [-0.15, -0.1) is 0 Å². The monoisotopic (exact) mass is 439 g/mol. The number of rotatable bonds is 0. The van der Waals surface area contributed by atoms with Gasteiger partial charge in [-0.25, -0.2) is 0 Å². The molecule has 0 aromatic heterocycles. The molecule has 3 heteroatoms. The number of likely N-dealkylation sites (N-methyl/N-ethyl adjacent to an activating group) is 1. The number of anilines is 1. The Balaban J connectivity index is 2.77. The molecule has 0 N–H and O–H groups in total. The summed E-state index contributed by atoms with van der Waals surface area (Å²) in [6.45, 7) is 6.73. The first-order valence-electron chi connectivity index (χ1n) is 5.29. The summed E-state index contributed by atoms with van der Waals surface area (Å²) < 4.78 is 2.67. The lowest BCUT2D eigenvalue weighted by molar-refractivity contribution is 0.635. The third-order valence-electron chi connectivity index (χ3n) is 3.30. The van der Waals surface area contributed by atoms with Crippen LogP contribution in [0.3, 0.4) is 0 Å². The van der Waals surface area contributed by atoms with Gasteiger partial charge in [-0.2, -0.15) is 0 Å². The van der Waals surface area contributed by atoms with E-state index < -0.39 is 0 Å². The lowest BCUT2D eigenvalue weighted by atomic mass is 9.84. The Kier molecular flexibility index (Phi) is 3.29. The molecule has 1 aliphatic heterocycles. The molecular weight excluding hydrogens is 424 g/mol. The summed E-state index contributed by atoms with van der Waals surface area (Å²) in [5.74, 6) is 0. The predicted molar refractivity (Wildman–Crippen MR) is 87.1 cm³/mol. The normalized spacial score (nSPS) is 20.4. The number of hydrogen-bond donors (Lipinski definition) is 0. The van der Waals surface area contributed by atoms with Crippen LogP contribution in [0.15, 0.2) is 23.9 Å². The van der Waals surface area contributed by atoms with Crippen LogP contribution in [-0.2, 0) is 5.41 Å². The van der Waals surface area contributed by atoms with E-state index in [2.05, 4.69) is 96.1 Å². The van der Waals surface area contributed by atoms with Gasteiger partial charge in [-0.05, 0) is 64.2 Å². The Labute approximate surface area is 125 Å². The number of nitrogens with zero attached hydrogens (tertiary/aromatic N) is 1. The van der Waals surface area contributed by atoms with Crippen LogP contribution in [-0.4, -0.2) is 7.05 Å². The van der Waals surface area contributed by atoms with E-state index in [1.54, 1.807) is 0 Å². The van der Waals surface area contributed by atoms with E-state index >= 15 is 0 Å². The van der Waals surface area contributed by atoms with E-state index in [-0.39, 0.29) is 5.41 Å². The lowest BCUT2D eigenvalue weighted by Crippen LogP contribution is -2.22. The number of halogens is 2. The minimum Gasteiger partial charge on any atom is -0.347 e. The standard InChI is InChI=1S/C13H15I2N/c1-5-11-13(2,3)12-9(15)6-8(14)7-10(12)16(11)4/h5-7H,1-4H3/b11-5-.